The smallest absolute Gasteiger partial charge is 0.0750 e. The molecule has 0 aliphatic carbocycles. The lowest BCUT2D eigenvalue weighted by molar-refractivity contribution is 0.0354. The highest BCUT2D eigenvalue weighted by Crippen LogP contribution is 2.24. The maximum Gasteiger partial charge on any atom is 0.0750 e. The first kappa shape index (κ1) is 16.0. The Labute approximate surface area is 123 Å². The van der Waals surface area contributed by atoms with Crippen LogP contribution in [0.25, 0.3) is 0 Å². The molecule has 0 amide bonds. The van der Waals surface area contributed by atoms with E-state index in [1.807, 2.05) is 19.2 Å². The molecule has 0 aromatic heterocycles. The van der Waals surface area contributed by atoms with E-state index >= 15 is 0 Å². The molecule has 1 aromatic carbocycles. The SMILES string of the molecule is CNC(Cc1ccc(Br)cc1Cl)C(OC)C(C)C. The van der Waals surface area contributed by atoms with Gasteiger partial charge in [-0.15, -0.1) is 0 Å². The van der Waals surface area contributed by atoms with E-state index in [2.05, 4.69) is 41.2 Å². The molecule has 1 rings (SSSR count). The number of nitrogens with one attached hydrogen (secondary N) is 1. The molecule has 1 N–H and O–H groups in total. The lowest BCUT2D eigenvalue weighted by atomic mass is 9.94. The van der Waals surface area contributed by atoms with Gasteiger partial charge < -0.3 is 10.1 Å². The van der Waals surface area contributed by atoms with Crippen molar-refractivity contribution in [1.82, 2.24) is 5.32 Å². The van der Waals surface area contributed by atoms with Gasteiger partial charge in [0.15, 0.2) is 0 Å². The van der Waals surface area contributed by atoms with Crippen LogP contribution in [-0.2, 0) is 11.2 Å². The Morgan fingerprint density at radius 1 is 1.39 bits per heavy atom. The number of hydrogen-bond acceptors (Lipinski definition) is 2. The molecule has 2 atom stereocenters. The van der Waals surface area contributed by atoms with Crippen molar-refractivity contribution >= 4 is 27.5 Å². The van der Waals surface area contributed by atoms with E-state index in [-0.39, 0.29) is 12.1 Å². The second kappa shape index (κ2) is 7.49. The zero-order chi connectivity index (χ0) is 13.7. The zero-order valence-electron chi connectivity index (χ0n) is 11.3. The van der Waals surface area contributed by atoms with Crippen molar-refractivity contribution in [3.05, 3.63) is 33.3 Å². The Morgan fingerprint density at radius 2 is 2.06 bits per heavy atom. The van der Waals surface area contributed by atoms with Crippen LogP contribution in [0.3, 0.4) is 0 Å². The van der Waals surface area contributed by atoms with Crippen LogP contribution < -0.4 is 5.32 Å². The molecule has 0 saturated heterocycles. The predicted octanol–water partition coefficient (Wildman–Crippen LogP) is 3.90. The first-order valence-electron chi connectivity index (χ1n) is 6.13. The van der Waals surface area contributed by atoms with E-state index < -0.39 is 0 Å². The Hall–Kier alpha value is -0.0900. The second-order valence-electron chi connectivity index (χ2n) is 4.78. The Morgan fingerprint density at radius 3 is 2.50 bits per heavy atom. The van der Waals surface area contributed by atoms with Crippen molar-refractivity contribution in [3.63, 3.8) is 0 Å². The largest absolute Gasteiger partial charge is 0.380 e. The van der Waals surface area contributed by atoms with Gasteiger partial charge in [-0.2, -0.15) is 0 Å². The fourth-order valence-corrected chi connectivity index (χ4v) is 2.96. The number of ether oxygens (including phenoxy) is 1. The van der Waals surface area contributed by atoms with Crippen molar-refractivity contribution in [2.24, 2.45) is 5.92 Å². The van der Waals surface area contributed by atoms with Gasteiger partial charge in [0.05, 0.1) is 6.10 Å². The van der Waals surface area contributed by atoms with Crippen molar-refractivity contribution in [2.75, 3.05) is 14.2 Å². The molecule has 0 radical (unpaired) electrons. The number of benzene rings is 1. The summed E-state index contributed by atoms with van der Waals surface area (Å²) in [4.78, 5) is 0. The number of halogens is 2. The molecule has 102 valence electrons. The van der Waals surface area contributed by atoms with Crippen LogP contribution in [0.15, 0.2) is 22.7 Å². The monoisotopic (exact) mass is 333 g/mol. The summed E-state index contributed by atoms with van der Waals surface area (Å²) in [6, 6.07) is 6.27. The third-order valence-corrected chi connectivity index (χ3v) is 4.00. The van der Waals surface area contributed by atoms with Gasteiger partial charge in [0.1, 0.15) is 0 Å². The standard InChI is InChI=1S/C14H21BrClNO/c1-9(2)14(18-4)13(17-3)7-10-5-6-11(15)8-12(10)16/h5-6,8-9,13-14,17H,7H2,1-4H3. The molecule has 0 saturated carbocycles. The quantitative estimate of drug-likeness (QED) is 0.852. The van der Waals surface area contributed by atoms with Crippen molar-refractivity contribution in [1.29, 1.82) is 0 Å². The highest BCUT2D eigenvalue weighted by atomic mass is 79.9. The summed E-state index contributed by atoms with van der Waals surface area (Å²) in [5.74, 6) is 0.460. The van der Waals surface area contributed by atoms with E-state index in [0.717, 1.165) is 21.5 Å². The molecule has 2 unspecified atom stereocenters. The lowest BCUT2D eigenvalue weighted by Crippen LogP contribution is -2.43. The molecule has 0 bridgehead atoms. The normalized spacial score (nSPS) is 14.8. The number of hydrogen-bond donors (Lipinski definition) is 1. The van der Waals surface area contributed by atoms with Gasteiger partial charge in [-0.1, -0.05) is 47.4 Å². The number of methoxy groups -OCH3 is 1. The minimum Gasteiger partial charge on any atom is -0.380 e. The molecule has 4 heteroatoms. The number of likely N-dealkylation sites (N-methyl/N-ethyl adjacent to an activating group) is 1. The molecular formula is C14H21BrClNO. The van der Waals surface area contributed by atoms with Crippen molar-refractivity contribution in [2.45, 2.75) is 32.4 Å². The van der Waals surface area contributed by atoms with Crippen LogP contribution in [0.1, 0.15) is 19.4 Å². The van der Waals surface area contributed by atoms with E-state index in [4.69, 9.17) is 16.3 Å². The molecule has 0 aliphatic heterocycles. The predicted molar refractivity (Wildman–Crippen MR) is 81.3 cm³/mol. The van der Waals surface area contributed by atoms with Crippen LogP contribution in [0.4, 0.5) is 0 Å². The molecule has 2 nitrogen and oxygen atoms in total. The summed E-state index contributed by atoms with van der Waals surface area (Å²) >= 11 is 9.68. The van der Waals surface area contributed by atoms with E-state index in [1.165, 1.54) is 0 Å². The van der Waals surface area contributed by atoms with E-state index in [1.54, 1.807) is 7.11 Å². The Bertz CT molecular complexity index is 384. The highest BCUT2D eigenvalue weighted by Gasteiger charge is 2.23. The molecule has 0 aliphatic rings. The van der Waals surface area contributed by atoms with Gasteiger partial charge in [-0.25, -0.2) is 0 Å². The second-order valence-corrected chi connectivity index (χ2v) is 6.10. The summed E-state index contributed by atoms with van der Waals surface area (Å²) in [5, 5.41) is 4.12. The van der Waals surface area contributed by atoms with Crippen LogP contribution >= 0.6 is 27.5 Å². The minimum absolute atomic E-state index is 0.176. The zero-order valence-corrected chi connectivity index (χ0v) is 13.7. The minimum atomic E-state index is 0.176. The summed E-state index contributed by atoms with van der Waals surface area (Å²) in [5.41, 5.74) is 1.14. The maximum absolute atomic E-state index is 6.26. The van der Waals surface area contributed by atoms with Crippen LogP contribution in [0.2, 0.25) is 5.02 Å². The Kier molecular flexibility index (Phi) is 6.64. The lowest BCUT2D eigenvalue weighted by Gasteiger charge is -2.29. The topological polar surface area (TPSA) is 21.3 Å². The summed E-state index contributed by atoms with van der Waals surface area (Å²) in [7, 11) is 3.73. The van der Waals surface area contributed by atoms with Crippen LogP contribution in [0.5, 0.6) is 0 Å². The van der Waals surface area contributed by atoms with Gasteiger partial charge in [0.25, 0.3) is 0 Å². The average molecular weight is 335 g/mol. The van der Waals surface area contributed by atoms with Gasteiger partial charge in [0, 0.05) is 22.6 Å². The molecule has 1 aromatic rings. The summed E-state index contributed by atoms with van der Waals surface area (Å²) in [6.45, 7) is 4.34. The van der Waals surface area contributed by atoms with Crippen LogP contribution in [0, 0.1) is 5.92 Å². The average Bonchev–Trinajstić information content (AvgIpc) is 2.31. The molecule has 0 heterocycles. The van der Waals surface area contributed by atoms with Crippen LogP contribution in [-0.4, -0.2) is 26.3 Å². The van der Waals surface area contributed by atoms with Crippen molar-refractivity contribution in [3.8, 4) is 0 Å². The third-order valence-electron chi connectivity index (χ3n) is 3.15. The molecule has 0 spiro atoms. The first-order valence-corrected chi connectivity index (χ1v) is 7.30. The van der Waals surface area contributed by atoms with Gasteiger partial charge in [-0.3, -0.25) is 0 Å². The van der Waals surface area contributed by atoms with Crippen molar-refractivity contribution < 1.29 is 4.74 Å². The summed E-state index contributed by atoms with van der Waals surface area (Å²) in [6.07, 6.45) is 1.04. The molecular weight excluding hydrogens is 314 g/mol. The molecule has 0 fully saturated rings. The van der Waals surface area contributed by atoms with Gasteiger partial charge in [-0.05, 0) is 37.1 Å². The summed E-state index contributed by atoms with van der Waals surface area (Å²) < 4.78 is 6.59. The van der Waals surface area contributed by atoms with Gasteiger partial charge >= 0.3 is 0 Å². The fourth-order valence-electron chi connectivity index (χ4n) is 2.21. The third kappa shape index (κ3) is 4.23. The molecule has 18 heavy (non-hydrogen) atoms. The maximum atomic E-state index is 6.26. The van der Waals surface area contributed by atoms with Gasteiger partial charge in [0.2, 0.25) is 0 Å². The first-order chi connectivity index (χ1) is 8.49. The Balaban J connectivity index is 2.85. The number of rotatable bonds is 6. The van der Waals surface area contributed by atoms with E-state index in [9.17, 15) is 0 Å². The highest BCUT2D eigenvalue weighted by molar-refractivity contribution is 9.10. The van der Waals surface area contributed by atoms with E-state index in [0.29, 0.717) is 5.92 Å². The fraction of sp³-hybridized carbons (Fsp3) is 0.571.